The molecule has 288 valence electrons. The Hall–Kier alpha value is -4.71. The Bertz CT molecular complexity index is 1970. The molecule has 6 N–H and O–H groups in total. The molecule has 0 saturated carbocycles. The zero-order chi connectivity index (χ0) is 38.2. The normalized spacial score (nSPS) is 19.5. The van der Waals surface area contributed by atoms with Crippen LogP contribution in [0.4, 0.5) is 0 Å². The van der Waals surface area contributed by atoms with Gasteiger partial charge in [0.05, 0.1) is 18.2 Å². The molecule has 3 atom stereocenters. The standard InChI is InChI=1S/C43H54N4O7/c1-28(2)47-21-18-29(19-22-47)24-32-25-30-10-5-6-13-36(30)43(32,42(52)53)46-41(51)31-11-9-12-33(26-31)54-23-8-4-3-7-20-44-27-38(49)34-14-16-37(48)40-35(34)15-17-39(50)45-40/h5-6,9-17,26,28-29,32,38,44,48-49H,3-4,7-8,18-25,27H2,1-2H3,(H,45,50)(H,46,51)(H,52,53). The molecule has 2 aliphatic rings. The van der Waals surface area contributed by atoms with Gasteiger partial charge in [0.2, 0.25) is 5.56 Å². The van der Waals surface area contributed by atoms with Gasteiger partial charge >= 0.3 is 5.97 Å². The minimum absolute atomic E-state index is 0.0371. The predicted octanol–water partition coefficient (Wildman–Crippen LogP) is 5.89. The molecular weight excluding hydrogens is 684 g/mol. The fourth-order valence-corrected chi connectivity index (χ4v) is 8.37. The quantitative estimate of drug-likeness (QED) is 0.0726. The van der Waals surface area contributed by atoms with Gasteiger partial charge in [-0.15, -0.1) is 0 Å². The Morgan fingerprint density at radius 1 is 0.981 bits per heavy atom. The van der Waals surface area contributed by atoms with Crippen molar-refractivity contribution in [3.8, 4) is 11.5 Å². The fraction of sp³-hybridized carbons (Fsp3) is 0.465. The number of fused-ring (bicyclic) bond motifs is 2. The van der Waals surface area contributed by atoms with E-state index in [1.54, 1.807) is 30.3 Å². The van der Waals surface area contributed by atoms with Gasteiger partial charge in [0.15, 0.2) is 5.54 Å². The van der Waals surface area contributed by atoms with Crippen LogP contribution in [0.5, 0.6) is 11.5 Å². The Labute approximate surface area is 316 Å². The Kier molecular flexibility index (Phi) is 12.7. The lowest BCUT2D eigenvalue weighted by Gasteiger charge is -2.39. The van der Waals surface area contributed by atoms with Crippen molar-refractivity contribution in [3.05, 3.63) is 105 Å². The van der Waals surface area contributed by atoms with Crippen molar-refractivity contribution in [2.24, 2.45) is 11.8 Å². The molecule has 6 rings (SSSR count). The van der Waals surface area contributed by atoms with E-state index in [4.69, 9.17) is 4.74 Å². The molecule has 54 heavy (non-hydrogen) atoms. The Balaban J connectivity index is 0.968. The number of aromatic hydroxyl groups is 1. The largest absolute Gasteiger partial charge is 0.506 e. The van der Waals surface area contributed by atoms with Gasteiger partial charge in [0, 0.05) is 35.5 Å². The number of H-pyrrole nitrogens is 1. The molecule has 1 fully saturated rings. The summed E-state index contributed by atoms with van der Waals surface area (Å²) in [7, 11) is 0. The monoisotopic (exact) mass is 738 g/mol. The molecule has 0 radical (unpaired) electrons. The molecule has 0 spiro atoms. The van der Waals surface area contributed by atoms with Crippen LogP contribution in [0, 0.1) is 11.8 Å². The number of aliphatic hydroxyl groups is 1. The maximum atomic E-state index is 13.9. The number of aliphatic hydroxyl groups excluding tert-OH is 1. The topological polar surface area (TPSA) is 164 Å². The average Bonchev–Trinajstić information content (AvgIpc) is 3.47. The molecule has 3 aromatic carbocycles. The second-order valence-electron chi connectivity index (χ2n) is 15.2. The van der Waals surface area contributed by atoms with E-state index < -0.39 is 23.5 Å². The molecule has 3 unspecified atom stereocenters. The van der Waals surface area contributed by atoms with E-state index in [1.807, 2.05) is 30.3 Å². The number of aliphatic carboxylic acids is 1. The van der Waals surface area contributed by atoms with Gasteiger partial charge in [-0.05, 0) is 125 Å². The van der Waals surface area contributed by atoms with Crippen LogP contribution in [-0.2, 0) is 16.8 Å². The van der Waals surface area contributed by atoms with Crippen molar-refractivity contribution in [1.82, 2.24) is 20.5 Å². The van der Waals surface area contributed by atoms with E-state index in [0.29, 0.717) is 64.9 Å². The Morgan fingerprint density at radius 3 is 2.54 bits per heavy atom. The summed E-state index contributed by atoms with van der Waals surface area (Å²) < 4.78 is 6.01. The van der Waals surface area contributed by atoms with Crippen molar-refractivity contribution in [2.45, 2.75) is 82.9 Å². The zero-order valence-corrected chi connectivity index (χ0v) is 31.4. The van der Waals surface area contributed by atoms with Crippen LogP contribution in [0.3, 0.4) is 0 Å². The summed E-state index contributed by atoms with van der Waals surface area (Å²) in [6.45, 7) is 8.00. The molecule has 2 heterocycles. The smallest absolute Gasteiger partial charge is 0.334 e. The molecule has 0 bridgehead atoms. The second kappa shape index (κ2) is 17.6. The van der Waals surface area contributed by atoms with E-state index in [9.17, 15) is 29.7 Å². The molecule has 1 aliphatic carbocycles. The van der Waals surface area contributed by atoms with Crippen molar-refractivity contribution >= 4 is 22.8 Å². The van der Waals surface area contributed by atoms with Crippen LogP contribution in [-0.4, -0.2) is 75.9 Å². The number of benzene rings is 3. The number of likely N-dealkylation sites (tertiary alicyclic amines) is 1. The van der Waals surface area contributed by atoms with E-state index >= 15 is 0 Å². The van der Waals surface area contributed by atoms with Crippen LogP contribution < -0.4 is 20.9 Å². The number of ether oxygens (including phenoxy) is 1. The third-order valence-corrected chi connectivity index (χ3v) is 11.4. The molecule has 4 aromatic rings. The molecule has 11 heteroatoms. The van der Waals surface area contributed by atoms with Crippen LogP contribution in [0.1, 0.15) is 91.9 Å². The maximum Gasteiger partial charge on any atom is 0.334 e. The summed E-state index contributed by atoms with van der Waals surface area (Å²) in [5.74, 6) is -0.764. The van der Waals surface area contributed by atoms with E-state index in [-0.39, 0.29) is 17.2 Å². The van der Waals surface area contributed by atoms with Gasteiger partial charge in [-0.1, -0.05) is 49.2 Å². The van der Waals surface area contributed by atoms with Gasteiger partial charge < -0.3 is 40.6 Å². The minimum Gasteiger partial charge on any atom is -0.506 e. The van der Waals surface area contributed by atoms with Crippen molar-refractivity contribution < 1.29 is 29.6 Å². The first-order valence-corrected chi connectivity index (χ1v) is 19.4. The van der Waals surface area contributed by atoms with Gasteiger partial charge in [-0.25, -0.2) is 4.79 Å². The highest BCUT2D eigenvalue weighted by Crippen LogP contribution is 2.46. The highest BCUT2D eigenvalue weighted by atomic mass is 16.5. The summed E-state index contributed by atoms with van der Waals surface area (Å²) in [6, 6.07) is 21.2. The van der Waals surface area contributed by atoms with E-state index in [2.05, 4.69) is 34.4 Å². The number of pyridine rings is 1. The van der Waals surface area contributed by atoms with Crippen LogP contribution >= 0.6 is 0 Å². The van der Waals surface area contributed by atoms with Crippen LogP contribution in [0.2, 0.25) is 0 Å². The fourth-order valence-electron chi connectivity index (χ4n) is 8.37. The number of carboxylic acid groups (broad SMARTS) is 1. The van der Waals surface area contributed by atoms with Gasteiger partial charge in [-0.2, -0.15) is 0 Å². The number of carbonyl (C=O) groups excluding carboxylic acids is 1. The number of piperidine rings is 1. The van der Waals surface area contributed by atoms with E-state index in [0.717, 1.165) is 70.1 Å². The average molecular weight is 739 g/mol. The first-order valence-electron chi connectivity index (χ1n) is 19.4. The molecule has 1 saturated heterocycles. The van der Waals surface area contributed by atoms with Crippen molar-refractivity contribution in [3.63, 3.8) is 0 Å². The first-order chi connectivity index (χ1) is 26.1. The highest BCUT2D eigenvalue weighted by Gasteiger charge is 2.54. The highest BCUT2D eigenvalue weighted by molar-refractivity contribution is 5.99. The lowest BCUT2D eigenvalue weighted by Crippen LogP contribution is -2.55. The number of nitrogens with one attached hydrogen (secondary N) is 3. The van der Waals surface area contributed by atoms with Crippen molar-refractivity contribution in [2.75, 3.05) is 32.8 Å². The summed E-state index contributed by atoms with van der Waals surface area (Å²) >= 11 is 0. The minimum atomic E-state index is -1.51. The summed E-state index contributed by atoms with van der Waals surface area (Å²) in [5.41, 5.74) is 1.15. The number of phenols is 1. The number of hydrogen-bond acceptors (Lipinski definition) is 8. The second-order valence-corrected chi connectivity index (χ2v) is 15.2. The van der Waals surface area contributed by atoms with Gasteiger partial charge in [0.25, 0.3) is 5.91 Å². The van der Waals surface area contributed by atoms with Crippen LogP contribution in [0.15, 0.2) is 77.6 Å². The molecular formula is C43H54N4O7. The molecule has 1 amide bonds. The number of carbonyl (C=O) groups is 2. The number of carboxylic acids is 1. The van der Waals surface area contributed by atoms with Crippen molar-refractivity contribution in [1.29, 1.82) is 0 Å². The Morgan fingerprint density at radius 2 is 1.76 bits per heavy atom. The number of hydrogen-bond donors (Lipinski definition) is 6. The van der Waals surface area contributed by atoms with Gasteiger partial charge in [0.1, 0.15) is 11.5 Å². The maximum absolute atomic E-state index is 13.9. The summed E-state index contributed by atoms with van der Waals surface area (Å²) in [5, 5.41) is 38.6. The SMILES string of the molecule is CC(C)N1CCC(CC2Cc3ccccc3C2(NC(=O)c2cccc(OCCCCCCNCC(O)c3ccc(O)c4[nH]c(=O)ccc34)c2)C(=O)O)CC1. The third kappa shape index (κ3) is 8.80. The first kappa shape index (κ1) is 39.0. The lowest BCUT2D eigenvalue weighted by atomic mass is 9.76. The number of phenolic OH excluding ortho intramolecular Hbond substituents is 1. The predicted molar refractivity (Wildman–Crippen MR) is 209 cm³/mol. The van der Waals surface area contributed by atoms with Gasteiger partial charge in [-0.3, -0.25) is 9.59 Å². The number of rotatable bonds is 17. The number of aromatic nitrogens is 1. The third-order valence-electron chi connectivity index (χ3n) is 11.4. The number of amides is 1. The number of nitrogens with zero attached hydrogens (tertiary/aromatic N) is 1. The molecule has 1 aliphatic heterocycles. The molecule has 1 aromatic heterocycles. The number of aromatic amines is 1. The summed E-state index contributed by atoms with van der Waals surface area (Å²) in [6.07, 6.45) is 6.28. The number of unbranched alkanes of at least 4 members (excludes halogenated alkanes) is 3. The molecule has 11 nitrogen and oxygen atoms in total. The zero-order valence-electron chi connectivity index (χ0n) is 31.4. The lowest BCUT2D eigenvalue weighted by molar-refractivity contribution is -0.147. The van der Waals surface area contributed by atoms with E-state index in [1.165, 1.54) is 12.1 Å². The van der Waals surface area contributed by atoms with Crippen LogP contribution in [0.25, 0.3) is 10.9 Å². The summed E-state index contributed by atoms with van der Waals surface area (Å²) in [4.78, 5) is 43.9.